The van der Waals surface area contributed by atoms with Crippen LogP contribution >= 0.6 is 0 Å². The first-order valence-corrected chi connectivity index (χ1v) is 10.8. The Kier molecular flexibility index (Phi) is 4.97. The summed E-state index contributed by atoms with van der Waals surface area (Å²) in [4.78, 5) is 0. The summed E-state index contributed by atoms with van der Waals surface area (Å²) >= 11 is 0. The van der Waals surface area contributed by atoms with Crippen molar-refractivity contribution in [3.8, 4) is 17.2 Å². The summed E-state index contributed by atoms with van der Waals surface area (Å²) < 4.78 is 22.7. The Morgan fingerprint density at radius 2 is 1.22 bits per heavy atom. The van der Waals surface area contributed by atoms with E-state index in [1.807, 2.05) is 6.07 Å². The Bertz CT molecular complexity index is 1300. The molecule has 2 heterocycles. The molecule has 0 aromatic heterocycles. The van der Waals surface area contributed by atoms with Crippen LogP contribution in [-0.4, -0.2) is 42.2 Å². The second-order valence-corrected chi connectivity index (χ2v) is 8.60. The van der Waals surface area contributed by atoms with E-state index in [-0.39, 0.29) is 0 Å². The first kappa shape index (κ1) is 20.3. The first-order valence-electron chi connectivity index (χ1n) is 10.8. The molecule has 3 aromatic carbocycles. The molecule has 0 saturated heterocycles. The van der Waals surface area contributed by atoms with Gasteiger partial charge in [-0.3, -0.25) is 0 Å². The van der Waals surface area contributed by atoms with Gasteiger partial charge in [0.25, 0.3) is 24.8 Å². The minimum absolute atomic E-state index is 0.366. The van der Waals surface area contributed by atoms with Gasteiger partial charge in [-0.15, -0.1) is 0 Å². The second kappa shape index (κ2) is 7.83. The molecular formula is C27H28N2O3+2. The van der Waals surface area contributed by atoms with Crippen molar-refractivity contribution in [2.75, 3.05) is 20.6 Å². The van der Waals surface area contributed by atoms with E-state index in [1.54, 1.807) is 7.11 Å². The van der Waals surface area contributed by atoms with Crippen molar-refractivity contribution in [2.24, 2.45) is 0 Å². The second-order valence-electron chi connectivity index (χ2n) is 8.60. The SMILES string of the molecule is COc1ccc2c(c1)[N+]1=Cc3cc(C)cc(C)c3OC[N+]2=Cc2cc(C)cc(C)c2OC1. The van der Waals surface area contributed by atoms with Crippen LogP contribution in [0.25, 0.3) is 0 Å². The van der Waals surface area contributed by atoms with Crippen molar-refractivity contribution in [3.63, 3.8) is 0 Å². The maximum absolute atomic E-state index is 6.44. The molecule has 5 nitrogen and oxygen atoms in total. The molecule has 0 amide bonds. The number of rotatable bonds is 1. The van der Waals surface area contributed by atoms with Gasteiger partial charge in [-0.1, -0.05) is 12.1 Å². The predicted octanol–water partition coefficient (Wildman–Crippen LogP) is 5.15. The highest BCUT2D eigenvalue weighted by atomic mass is 16.5. The highest BCUT2D eigenvalue weighted by Gasteiger charge is 2.31. The molecule has 0 spiro atoms. The van der Waals surface area contributed by atoms with Crippen LogP contribution in [0.3, 0.4) is 0 Å². The number of hydrogen-bond donors (Lipinski definition) is 0. The smallest absolute Gasteiger partial charge is 0.292 e. The van der Waals surface area contributed by atoms with Crippen molar-refractivity contribution < 1.29 is 23.4 Å². The maximum Gasteiger partial charge on any atom is 0.292 e. The summed E-state index contributed by atoms with van der Waals surface area (Å²) in [5, 5.41) is 0. The van der Waals surface area contributed by atoms with Crippen LogP contribution in [-0.2, 0) is 0 Å². The van der Waals surface area contributed by atoms with Gasteiger partial charge >= 0.3 is 0 Å². The fourth-order valence-electron chi connectivity index (χ4n) is 4.62. The lowest BCUT2D eigenvalue weighted by Crippen LogP contribution is -2.17. The van der Waals surface area contributed by atoms with Crippen LogP contribution < -0.4 is 14.2 Å². The van der Waals surface area contributed by atoms with E-state index in [0.717, 1.165) is 50.9 Å². The fourth-order valence-corrected chi connectivity index (χ4v) is 4.62. The number of ether oxygens (including phenoxy) is 3. The van der Waals surface area contributed by atoms with E-state index in [2.05, 4.69) is 85.7 Å². The quantitative estimate of drug-likeness (QED) is 0.503. The van der Waals surface area contributed by atoms with Gasteiger partial charge in [0.05, 0.1) is 24.3 Å². The molecule has 3 aromatic rings. The topological polar surface area (TPSA) is 33.7 Å². The van der Waals surface area contributed by atoms with Gasteiger partial charge in [-0.25, -0.2) is 0 Å². The minimum Gasteiger partial charge on any atom is -0.496 e. The van der Waals surface area contributed by atoms with Crippen LogP contribution in [0.4, 0.5) is 11.4 Å². The number of hydrogen-bond acceptors (Lipinski definition) is 3. The molecule has 5 heteroatoms. The molecule has 0 unspecified atom stereocenters. The molecular weight excluding hydrogens is 400 g/mol. The van der Waals surface area contributed by atoms with Crippen LogP contribution in [0.2, 0.25) is 0 Å². The third kappa shape index (κ3) is 3.54. The van der Waals surface area contributed by atoms with Crippen LogP contribution in [0.15, 0.2) is 42.5 Å². The molecule has 0 radical (unpaired) electrons. The molecule has 5 rings (SSSR count). The van der Waals surface area contributed by atoms with Gasteiger partial charge in [0.2, 0.25) is 0 Å². The summed E-state index contributed by atoms with van der Waals surface area (Å²) in [6, 6.07) is 14.7. The zero-order chi connectivity index (χ0) is 22.4. The largest absolute Gasteiger partial charge is 0.496 e. The average molecular weight is 429 g/mol. The van der Waals surface area contributed by atoms with Gasteiger partial charge in [0, 0.05) is 6.07 Å². The van der Waals surface area contributed by atoms with Crippen LogP contribution in [0.1, 0.15) is 33.4 Å². The third-order valence-corrected chi connectivity index (χ3v) is 5.98. The Morgan fingerprint density at radius 1 is 0.688 bits per heavy atom. The number of methoxy groups -OCH3 is 1. The van der Waals surface area contributed by atoms with Gasteiger partial charge in [-0.05, 0) is 68.1 Å². The Balaban J connectivity index is 1.83. The number of benzene rings is 3. The Hall–Kier alpha value is -3.60. The van der Waals surface area contributed by atoms with Crippen molar-refractivity contribution in [1.29, 1.82) is 0 Å². The van der Waals surface area contributed by atoms with Crippen molar-refractivity contribution in [3.05, 3.63) is 75.8 Å². The number of aryl methyl sites for hydroxylation is 4. The zero-order valence-corrected chi connectivity index (χ0v) is 19.2. The first-order chi connectivity index (χ1) is 15.4. The predicted molar refractivity (Wildman–Crippen MR) is 126 cm³/mol. The summed E-state index contributed by atoms with van der Waals surface area (Å²) in [6.45, 7) is 9.15. The number of fused-ring (bicyclic) bond motifs is 2. The molecule has 2 aliphatic rings. The summed E-state index contributed by atoms with van der Waals surface area (Å²) in [6.07, 6.45) is 4.24. The number of nitrogens with zero attached hydrogens (tertiary/aromatic N) is 2. The normalized spacial score (nSPS) is 14.4. The Labute approximate surface area is 188 Å². The molecule has 162 valence electrons. The highest BCUT2D eigenvalue weighted by Crippen LogP contribution is 2.36. The van der Waals surface area contributed by atoms with Crippen LogP contribution in [0.5, 0.6) is 17.2 Å². The van der Waals surface area contributed by atoms with Gasteiger partial charge in [0.1, 0.15) is 17.2 Å². The molecule has 2 aliphatic heterocycles. The van der Waals surface area contributed by atoms with E-state index < -0.39 is 0 Å². The molecule has 0 saturated carbocycles. The van der Waals surface area contributed by atoms with Gasteiger partial charge in [-0.2, -0.15) is 9.15 Å². The monoisotopic (exact) mass is 428 g/mol. The molecule has 0 N–H and O–H groups in total. The molecule has 0 atom stereocenters. The summed E-state index contributed by atoms with van der Waals surface area (Å²) in [7, 11) is 1.69. The standard InChI is InChI=1S/C27H28N2O3/c1-17-8-19(3)26-21(10-17)13-28-15-31-27-20(4)9-18(2)11-22(27)14-29(16-32-26)25-12-23(30-5)6-7-24(25)28/h6-14H,15-16H2,1-5H3/q+2. The maximum atomic E-state index is 6.44. The van der Waals surface area contributed by atoms with E-state index in [9.17, 15) is 0 Å². The van der Waals surface area contributed by atoms with E-state index >= 15 is 0 Å². The molecule has 0 aliphatic carbocycles. The Morgan fingerprint density at radius 3 is 1.75 bits per heavy atom. The van der Waals surface area contributed by atoms with Gasteiger partial charge < -0.3 is 14.2 Å². The minimum atomic E-state index is 0.366. The molecule has 0 fully saturated rings. The van der Waals surface area contributed by atoms with E-state index in [0.29, 0.717) is 13.5 Å². The van der Waals surface area contributed by atoms with Gasteiger partial charge in [0.15, 0.2) is 12.4 Å². The summed E-state index contributed by atoms with van der Waals surface area (Å²) in [5.41, 5.74) is 8.72. The zero-order valence-electron chi connectivity index (χ0n) is 19.2. The third-order valence-electron chi connectivity index (χ3n) is 5.98. The fraction of sp³-hybridized carbons (Fsp3) is 0.259. The highest BCUT2D eigenvalue weighted by molar-refractivity contribution is 5.85. The average Bonchev–Trinajstić information content (AvgIpc) is 2.84. The van der Waals surface area contributed by atoms with E-state index in [1.165, 1.54) is 11.1 Å². The van der Waals surface area contributed by atoms with Crippen molar-refractivity contribution in [1.82, 2.24) is 0 Å². The van der Waals surface area contributed by atoms with Crippen LogP contribution in [0, 0.1) is 27.7 Å². The lowest BCUT2D eigenvalue weighted by molar-refractivity contribution is -0.502. The lowest BCUT2D eigenvalue weighted by Gasteiger charge is -2.13. The van der Waals surface area contributed by atoms with E-state index in [4.69, 9.17) is 14.2 Å². The molecule has 32 heavy (non-hydrogen) atoms. The summed E-state index contributed by atoms with van der Waals surface area (Å²) in [5.74, 6) is 2.58. The van der Waals surface area contributed by atoms with Crippen molar-refractivity contribution in [2.45, 2.75) is 27.7 Å². The van der Waals surface area contributed by atoms with Crippen molar-refractivity contribution >= 4 is 23.8 Å². The molecule has 2 bridgehead atoms. The lowest BCUT2D eigenvalue weighted by atomic mass is 10.1.